The summed E-state index contributed by atoms with van der Waals surface area (Å²) in [5, 5.41) is 76.2. The molecular weight excluding hydrogens is 592 g/mol. The number of hydrogen-bond acceptors (Lipinski definition) is 10. The first-order valence-electron chi connectivity index (χ1n) is 17.9. The largest absolute Gasteiger partial charge is 0.394 e. The van der Waals surface area contributed by atoms with Crippen LogP contribution in [0.2, 0.25) is 0 Å². The highest BCUT2D eigenvalue weighted by Crippen LogP contribution is 2.89. The summed E-state index contributed by atoms with van der Waals surface area (Å²) in [7, 11) is 0. The number of hydrogen-bond donors (Lipinski definition) is 7. The van der Waals surface area contributed by atoms with Crippen molar-refractivity contribution < 1.29 is 50.0 Å². The van der Waals surface area contributed by atoms with Gasteiger partial charge in [0.15, 0.2) is 6.29 Å². The fraction of sp³-hybridized carbons (Fsp3) is 1.00. The van der Waals surface area contributed by atoms with Crippen molar-refractivity contribution in [1.82, 2.24) is 0 Å². The molecule has 10 heteroatoms. The number of fused-ring (bicyclic) bond motifs is 2. The van der Waals surface area contributed by atoms with Crippen molar-refractivity contribution in [1.29, 1.82) is 0 Å². The van der Waals surface area contributed by atoms with E-state index in [9.17, 15) is 35.7 Å². The van der Waals surface area contributed by atoms with Gasteiger partial charge in [-0.3, -0.25) is 0 Å². The van der Waals surface area contributed by atoms with Crippen molar-refractivity contribution in [3.05, 3.63) is 0 Å². The minimum absolute atomic E-state index is 0.0225. The molecule has 0 radical (unpaired) electrons. The van der Waals surface area contributed by atoms with Gasteiger partial charge in [-0.15, -0.1) is 0 Å². The van der Waals surface area contributed by atoms with Crippen molar-refractivity contribution in [2.45, 2.75) is 173 Å². The van der Waals surface area contributed by atoms with Crippen molar-refractivity contribution in [3.8, 4) is 0 Å². The first kappa shape index (κ1) is 34.1. The van der Waals surface area contributed by atoms with Crippen LogP contribution in [0.3, 0.4) is 0 Å². The average Bonchev–Trinajstić information content (AvgIpc) is 3.33. The van der Waals surface area contributed by atoms with Gasteiger partial charge in [0.25, 0.3) is 0 Å². The van der Waals surface area contributed by atoms with Crippen LogP contribution in [0.15, 0.2) is 0 Å². The molecule has 7 rings (SSSR count). The lowest BCUT2D eigenvalue weighted by Gasteiger charge is -2.65. The van der Waals surface area contributed by atoms with E-state index in [2.05, 4.69) is 34.6 Å². The van der Waals surface area contributed by atoms with E-state index in [1.54, 1.807) is 13.8 Å². The van der Waals surface area contributed by atoms with Crippen LogP contribution in [0, 0.1) is 44.8 Å². The second-order valence-electron chi connectivity index (χ2n) is 18.7. The Morgan fingerprint density at radius 1 is 0.804 bits per heavy atom. The zero-order valence-corrected chi connectivity index (χ0v) is 28.9. The van der Waals surface area contributed by atoms with Crippen molar-refractivity contribution in [2.75, 3.05) is 6.61 Å². The van der Waals surface area contributed by atoms with Gasteiger partial charge in [-0.25, -0.2) is 0 Å². The summed E-state index contributed by atoms with van der Waals surface area (Å²) in [5.74, 6) is 0.0768. The summed E-state index contributed by atoms with van der Waals surface area (Å²) < 4.78 is 19.4. The molecule has 264 valence electrons. The standard InChI is InChI=1S/C36H60O10/c1-30(2)22(39)8-11-36-17-35(36)13-12-32(5)27(34(7)10-9-23(46-34)31(3,4)43)18(38)15-33(32,6)21(35)14-19(28(30)36)44-29-26(42)25(41)24(40)20(16-37)45-29/h18-29,37-43H,8-17H2,1-7H3/t18-,19-,20+,21?,22-,23-,24+,25-,26+,27-,28?,29+,32+,33-,34+,35-,36+/m0/s1. The fourth-order valence-corrected chi connectivity index (χ4v) is 13.6. The van der Waals surface area contributed by atoms with Crippen LogP contribution in [0.5, 0.6) is 0 Å². The van der Waals surface area contributed by atoms with E-state index in [-0.39, 0.29) is 45.5 Å². The molecule has 2 spiro atoms. The lowest BCUT2D eigenvalue weighted by molar-refractivity contribution is -0.331. The predicted molar refractivity (Wildman–Crippen MR) is 167 cm³/mol. The third kappa shape index (κ3) is 4.24. The highest BCUT2D eigenvalue weighted by Gasteiger charge is 2.85. The Bertz CT molecular complexity index is 1200. The first-order chi connectivity index (χ1) is 21.2. The molecule has 2 unspecified atom stereocenters. The Kier molecular flexibility index (Phi) is 7.65. The number of rotatable bonds is 5. The molecule has 7 aliphatic rings. The molecule has 46 heavy (non-hydrogen) atoms. The smallest absolute Gasteiger partial charge is 0.186 e. The van der Waals surface area contributed by atoms with E-state index in [0.29, 0.717) is 19.3 Å². The van der Waals surface area contributed by atoms with Crippen LogP contribution in [-0.2, 0) is 14.2 Å². The van der Waals surface area contributed by atoms with Crippen LogP contribution >= 0.6 is 0 Å². The Morgan fingerprint density at radius 3 is 2.13 bits per heavy atom. The Labute approximate surface area is 273 Å². The number of ether oxygens (including phenoxy) is 3. The molecule has 10 nitrogen and oxygen atoms in total. The minimum atomic E-state index is -1.53. The molecule has 7 fully saturated rings. The summed E-state index contributed by atoms with van der Waals surface area (Å²) in [6, 6.07) is 0. The van der Waals surface area contributed by atoms with Gasteiger partial charge in [0.05, 0.1) is 42.2 Å². The average molecular weight is 653 g/mol. The Balaban J connectivity index is 1.26. The van der Waals surface area contributed by atoms with Gasteiger partial charge in [-0.2, -0.15) is 0 Å². The van der Waals surface area contributed by atoms with Crippen LogP contribution in [0.25, 0.3) is 0 Å². The van der Waals surface area contributed by atoms with E-state index in [1.165, 1.54) is 0 Å². The molecular formula is C36H60O10. The van der Waals surface area contributed by atoms with Gasteiger partial charge < -0.3 is 50.0 Å². The zero-order chi connectivity index (χ0) is 33.6. The third-order valence-electron chi connectivity index (χ3n) is 15.9. The predicted octanol–water partition coefficient (Wildman–Crippen LogP) is 2.26. The fourth-order valence-electron chi connectivity index (χ4n) is 13.6. The summed E-state index contributed by atoms with van der Waals surface area (Å²) in [5.41, 5.74) is -2.50. The van der Waals surface area contributed by atoms with E-state index in [1.807, 2.05) is 0 Å². The quantitative estimate of drug-likeness (QED) is 0.219. The molecule has 7 N–H and O–H groups in total. The summed E-state index contributed by atoms with van der Waals surface area (Å²) in [6.07, 6.45) is -1.07. The van der Waals surface area contributed by atoms with E-state index >= 15 is 0 Å². The highest BCUT2D eigenvalue weighted by atomic mass is 16.7. The molecule has 2 saturated heterocycles. The van der Waals surface area contributed by atoms with Crippen LogP contribution in [0.1, 0.15) is 106 Å². The van der Waals surface area contributed by atoms with Crippen molar-refractivity contribution >= 4 is 0 Å². The Hall–Kier alpha value is -0.400. The number of aliphatic hydroxyl groups is 7. The molecule has 0 aromatic heterocycles. The second kappa shape index (κ2) is 10.3. The van der Waals surface area contributed by atoms with Gasteiger partial charge in [-0.05, 0) is 117 Å². The third-order valence-corrected chi connectivity index (χ3v) is 15.9. The van der Waals surface area contributed by atoms with Crippen LogP contribution in [-0.4, -0.2) is 109 Å². The monoisotopic (exact) mass is 652 g/mol. The number of aliphatic hydroxyl groups excluding tert-OH is 6. The Morgan fingerprint density at radius 2 is 1.50 bits per heavy atom. The SMILES string of the molecule is CC(C)(O)[C@@H]1CC[C@](C)([C@H]2[C@@H](O)C[C@@]3(C)C4C[C@H](O[C@@H]5O[C@H](CO)[C@@H](O)[C@H](O)[C@H]5O)C5C(C)(C)[C@@H](O)CC[C@@]56C[C@@]46CC[C@]23C)O1. The molecule has 2 heterocycles. The molecule has 0 aromatic carbocycles. The first-order valence-corrected chi connectivity index (χ1v) is 17.9. The zero-order valence-electron chi connectivity index (χ0n) is 28.9. The van der Waals surface area contributed by atoms with Crippen molar-refractivity contribution in [2.24, 2.45) is 44.8 Å². The van der Waals surface area contributed by atoms with E-state index in [0.717, 1.165) is 38.5 Å². The molecule has 0 bridgehead atoms. The molecule has 5 saturated carbocycles. The van der Waals surface area contributed by atoms with Crippen LogP contribution in [0.4, 0.5) is 0 Å². The van der Waals surface area contributed by atoms with Gasteiger partial charge in [-0.1, -0.05) is 27.7 Å². The maximum atomic E-state index is 12.0. The molecule has 5 aliphatic carbocycles. The summed E-state index contributed by atoms with van der Waals surface area (Å²) in [6.45, 7) is 14.2. The molecule has 2 aliphatic heterocycles. The van der Waals surface area contributed by atoms with Crippen LogP contribution < -0.4 is 0 Å². The normalized spacial score (nSPS) is 59.3. The second-order valence-corrected chi connectivity index (χ2v) is 18.7. The molecule has 0 aromatic rings. The summed E-state index contributed by atoms with van der Waals surface area (Å²) in [4.78, 5) is 0. The van der Waals surface area contributed by atoms with Gasteiger partial charge >= 0.3 is 0 Å². The maximum absolute atomic E-state index is 12.0. The maximum Gasteiger partial charge on any atom is 0.186 e. The lowest BCUT2D eigenvalue weighted by Crippen LogP contribution is -2.64. The molecule has 17 atom stereocenters. The van der Waals surface area contributed by atoms with E-state index < -0.39 is 72.2 Å². The van der Waals surface area contributed by atoms with E-state index in [4.69, 9.17) is 14.2 Å². The van der Waals surface area contributed by atoms with Gasteiger partial charge in [0.1, 0.15) is 24.4 Å². The van der Waals surface area contributed by atoms with Crippen molar-refractivity contribution in [3.63, 3.8) is 0 Å². The minimum Gasteiger partial charge on any atom is -0.394 e. The summed E-state index contributed by atoms with van der Waals surface area (Å²) >= 11 is 0. The molecule has 0 amide bonds. The van der Waals surface area contributed by atoms with Gasteiger partial charge in [0, 0.05) is 5.92 Å². The lowest BCUT2D eigenvalue weighted by atomic mass is 9.41. The topological polar surface area (TPSA) is 169 Å². The van der Waals surface area contributed by atoms with Gasteiger partial charge in [0.2, 0.25) is 0 Å². The highest BCUT2D eigenvalue weighted by molar-refractivity contribution is 5.33.